The van der Waals surface area contributed by atoms with Gasteiger partial charge in [-0.25, -0.2) is 0 Å². The van der Waals surface area contributed by atoms with E-state index in [2.05, 4.69) is 26.6 Å². The summed E-state index contributed by atoms with van der Waals surface area (Å²) in [5.41, 5.74) is 5.74. The molecule has 0 saturated carbocycles. The summed E-state index contributed by atoms with van der Waals surface area (Å²) in [5, 5.41) is 7.05. The van der Waals surface area contributed by atoms with Crippen molar-refractivity contribution in [1.29, 1.82) is 0 Å². The number of ketones is 2. The molecule has 5 heteroatoms. The number of anilines is 2. The van der Waals surface area contributed by atoms with Gasteiger partial charge in [0.05, 0.1) is 17.4 Å². The molecule has 0 bridgehead atoms. The van der Waals surface area contributed by atoms with Crippen LogP contribution in [0.3, 0.4) is 0 Å². The second-order valence-electron chi connectivity index (χ2n) is 7.88. The standard InChI is InChI=1S/C26H21BrN2O2/c27-19-12-9-16(10-13-19)25-24-21(7-4-8-23(24)30)28-22-15-18(11-14-20(22)29-25)26(31)17-5-2-1-3-6-17/h1-3,5-6,9-15,25,28-29H,4,7-8H2/t25-/m0/s1. The van der Waals surface area contributed by atoms with Crippen LogP contribution in [0, 0.1) is 0 Å². The van der Waals surface area contributed by atoms with Crippen LogP contribution in [0.2, 0.25) is 0 Å². The normalized spacial score (nSPS) is 17.7. The summed E-state index contributed by atoms with van der Waals surface area (Å²) in [4.78, 5) is 25.9. The molecule has 31 heavy (non-hydrogen) atoms. The number of allylic oxidation sites excluding steroid dienone is 1. The van der Waals surface area contributed by atoms with E-state index in [0.717, 1.165) is 45.5 Å². The Morgan fingerprint density at radius 1 is 0.871 bits per heavy atom. The minimum absolute atomic E-state index is 0.0205. The number of Topliss-reactive ketones (excluding diaryl/α,β-unsaturated/α-hetero) is 1. The molecule has 1 atom stereocenters. The highest BCUT2D eigenvalue weighted by atomic mass is 79.9. The summed E-state index contributed by atoms with van der Waals surface area (Å²) in [7, 11) is 0. The fraction of sp³-hybridized carbons (Fsp3) is 0.154. The van der Waals surface area contributed by atoms with E-state index < -0.39 is 0 Å². The summed E-state index contributed by atoms with van der Waals surface area (Å²) in [6.45, 7) is 0. The highest BCUT2D eigenvalue weighted by molar-refractivity contribution is 9.10. The highest BCUT2D eigenvalue weighted by Crippen LogP contribution is 2.41. The lowest BCUT2D eigenvalue weighted by molar-refractivity contribution is -0.116. The van der Waals surface area contributed by atoms with Crippen molar-refractivity contribution >= 4 is 38.9 Å². The van der Waals surface area contributed by atoms with Crippen LogP contribution < -0.4 is 10.6 Å². The second kappa shape index (κ2) is 8.16. The number of benzene rings is 3. The van der Waals surface area contributed by atoms with Gasteiger partial charge in [0.1, 0.15) is 0 Å². The Morgan fingerprint density at radius 2 is 1.65 bits per heavy atom. The SMILES string of the molecule is O=C1CCCC2=C1[C@H](c1ccc(Br)cc1)Nc1ccc(C(=O)c3ccccc3)cc1N2. The van der Waals surface area contributed by atoms with Crippen LogP contribution in [0.15, 0.2) is 88.5 Å². The highest BCUT2D eigenvalue weighted by Gasteiger charge is 2.32. The van der Waals surface area contributed by atoms with Crippen molar-refractivity contribution in [2.75, 3.05) is 10.6 Å². The molecule has 2 N–H and O–H groups in total. The van der Waals surface area contributed by atoms with Gasteiger partial charge in [-0.3, -0.25) is 9.59 Å². The number of halogens is 1. The van der Waals surface area contributed by atoms with Crippen LogP contribution in [0.1, 0.15) is 46.8 Å². The fourth-order valence-electron chi connectivity index (χ4n) is 4.29. The largest absolute Gasteiger partial charge is 0.372 e. The number of rotatable bonds is 3. The molecule has 4 nitrogen and oxygen atoms in total. The van der Waals surface area contributed by atoms with E-state index in [1.54, 1.807) is 0 Å². The van der Waals surface area contributed by atoms with E-state index in [9.17, 15) is 9.59 Å². The zero-order chi connectivity index (χ0) is 21.4. The molecule has 0 aromatic heterocycles. The Balaban J connectivity index is 1.58. The molecule has 2 aliphatic rings. The minimum Gasteiger partial charge on any atom is -0.372 e. The summed E-state index contributed by atoms with van der Waals surface area (Å²) in [6.07, 6.45) is 2.20. The van der Waals surface area contributed by atoms with E-state index in [1.165, 1.54) is 0 Å². The maximum absolute atomic E-state index is 13.0. The van der Waals surface area contributed by atoms with Crippen LogP contribution in [0.4, 0.5) is 11.4 Å². The van der Waals surface area contributed by atoms with Gasteiger partial charge in [-0.15, -0.1) is 0 Å². The Morgan fingerprint density at radius 3 is 2.42 bits per heavy atom. The third kappa shape index (κ3) is 3.81. The van der Waals surface area contributed by atoms with Crippen molar-refractivity contribution in [3.05, 3.63) is 105 Å². The van der Waals surface area contributed by atoms with Crippen LogP contribution in [-0.4, -0.2) is 11.6 Å². The molecule has 5 rings (SSSR count). The minimum atomic E-state index is -0.236. The third-order valence-corrected chi connectivity index (χ3v) is 6.38. The molecule has 3 aromatic rings. The predicted molar refractivity (Wildman–Crippen MR) is 126 cm³/mol. The number of hydrogen-bond donors (Lipinski definition) is 2. The van der Waals surface area contributed by atoms with Crippen LogP contribution in [0.5, 0.6) is 0 Å². The fourth-order valence-corrected chi connectivity index (χ4v) is 4.56. The summed E-state index contributed by atoms with van der Waals surface area (Å²) < 4.78 is 0.997. The van der Waals surface area contributed by atoms with Gasteiger partial charge in [0, 0.05) is 33.3 Å². The number of fused-ring (bicyclic) bond motifs is 1. The first kappa shape index (κ1) is 19.8. The van der Waals surface area contributed by atoms with E-state index in [0.29, 0.717) is 17.5 Å². The van der Waals surface area contributed by atoms with Gasteiger partial charge < -0.3 is 10.6 Å². The molecule has 154 valence electrons. The van der Waals surface area contributed by atoms with Crippen molar-refractivity contribution < 1.29 is 9.59 Å². The average molecular weight is 473 g/mol. The number of nitrogens with one attached hydrogen (secondary N) is 2. The Kier molecular flexibility index (Phi) is 5.20. The summed E-state index contributed by atoms with van der Waals surface area (Å²) >= 11 is 3.49. The van der Waals surface area contributed by atoms with E-state index in [1.807, 2.05) is 72.8 Å². The Bertz CT molecular complexity index is 1200. The topological polar surface area (TPSA) is 58.2 Å². The van der Waals surface area contributed by atoms with Gasteiger partial charge in [0.15, 0.2) is 11.6 Å². The quantitative estimate of drug-likeness (QED) is 0.441. The lowest BCUT2D eigenvalue weighted by Crippen LogP contribution is -2.23. The Hall–Kier alpha value is -3.18. The second-order valence-corrected chi connectivity index (χ2v) is 8.79. The summed E-state index contributed by atoms with van der Waals surface area (Å²) in [5.74, 6) is 0.149. The molecule has 0 unspecified atom stereocenters. The predicted octanol–water partition coefficient (Wildman–Crippen LogP) is 6.27. The van der Waals surface area contributed by atoms with Crippen molar-refractivity contribution in [2.24, 2.45) is 0 Å². The molecule has 0 radical (unpaired) electrons. The smallest absolute Gasteiger partial charge is 0.193 e. The lowest BCUT2D eigenvalue weighted by Gasteiger charge is -2.25. The number of carbonyl (C=O) groups is 2. The first-order chi connectivity index (χ1) is 15.1. The van der Waals surface area contributed by atoms with Crippen molar-refractivity contribution in [3.63, 3.8) is 0 Å². The maximum Gasteiger partial charge on any atom is 0.193 e. The molecule has 0 spiro atoms. The molecule has 0 fully saturated rings. The van der Waals surface area contributed by atoms with Crippen molar-refractivity contribution in [1.82, 2.24) is 0 Å². The van der Waals surface area contributed by atoms with Crippen molar-refractivity contribution in [3.8, 4) is 0 Å². The summed E-state index contributed by atoms with van der Waals surface area (Å²) in [6, 6.07) is 22.7. The molecule has 0 saturated heterocycles. The van der Waals surface area contributed by atoms with Gasteiger partial charge >= 0.3 is 0 Å². The molecule has 1 aliphatic heterocycles. The molecule has 1 aliphatic carbocycles. The van der Waals surface area contributed by atoms with E-state index in [-0.39, 0.29) is 17.6 Å². The average Bonchev–Trinajstić information content (AvgIpc) is 2.96. The molecular weight excluding hydrogens is 452 g/mol. The lowest BCUT2D eigenvalue weighted by atomic mass is 9.87. The first-order valence-corrected chi connectivity index (χ1v) is 11.2. The van der Waals surface area contributed by atoms with Crippen molar-refractivity contribution in [2.45, 2.75) is 25.3 Å². The maximum atomic E-state index is 13.0. The van der Waals surface area contributed by atoms with Gasteiger partial charge in [0.25, 0.3) is 0 Å². The van der Waals surface area contributed by atoms with Gasteiger partial charge in [0.2, 0.25) is 0 Å². The number of carbonyl (C=O) groups excluding carboxylic acids is 2. The third-order valence-electron chi connectivity index (χ3n) is 5.85. The Labute approximate surface area is 189 Å². The molecule has 1 heterocycles. The van der Waals surface area contributed by atoms with Crippen LogP contribution in [0.25, 0.3) is 0 Å². The van der Waals surface area contributed by atoms with Gasteiger partial charge in [-0.05, 0) is 48.7 Å². The molecular formula is C26H21BrN2O2. The van der Waals surface area contributed by atoms with Crippen LogP contribution >= 0.6 is 15.9 Å². The molecule has 0 amide bonds. The molecule has 3 aromatic carbocycles. The zero-order valence-corrected chi connectivity index (χ0v) is 18.4. The van der Waals surface area contributed by atoms with Gasteiger partial charge in [-0.2, -0.15) is 0 Å². The first-order valence-electron chi connectivity index (χ1n) is 10.4. The van der Waals surface area contributed by atoms with Gasteiger partial charge in [-0.1, -0.05) is 58.4 Å². The monoisotopic (exact) mass is 472 g/mol. The van der Waals surface area contributed by atoms with E-state index in [4.69, 9.17) is 0 Å². The number of hydrogen-bond acceptors (Lipinski definition) is 4. The van der Waals surface area contributed by atoms with E-state index >= 15 is 0 Å². The zero-order valence-electron chi connectivity index (χ0n) is 16.8. The van der Waals surface area contributed by atoms with Crippen LogP contribution in [-0.2, 0) is 4.79 Å².